The second-order valence-corrected chi connectivity index (χ2v) is 3.57. The van der Waals surface area contributed by atoms with Crippen molar-refractivity contribution in [1.29, 1.82) is 0 Å². The van der Waals surface area contributed by atoms with Crippen LogP contribution in [0.25, 0.3) is 0 Å². The van der Waals surface area contributed by atoms with Crippen LogP contribution < -0.4 is 0 Å². The molecule has 0 radical (unpaired) electrons. The highest BCUT2D eigenvalue weighted by atomic mass is 16.3. The van der Waals surface area contributed by atoms with Gasteiger partial charge in [0.25, 0.3) is 0 Å². The summed E-state index contributed by atoms with van der Waals surface area (Å²) in [6, 6.07) is 0. The van der Waals surface area contributed by atoms with Gasteiger partial charge in [-0.05, 0) is 12.3 Å². The predicted octanol–water partition coefficient (Wildman–Crippen LogP) is 1.97. The molecule has 0 saturated heterocycles. The first-order valence-corrected chi connectivity index (χ1v) is 3.96. The number of hydrogen-bond acceptors (Lipinski definition) is 1. The summed E-state index contributed by atoms with van der Waals surface area (Å²) in [5, 5.41) is 9.97. The predicted molar refractivity (Wildman–Crippen MR) is 42.7 cm³/mol. The Hall–Kier alpha value is -0.300. The SMILES string of the molecule is CC(C)C1(O)CC=CC1C. The second kappa shape index (κ2) is 2.39. The van der Waals surface area contributed by atoms with Crippen molar-refractivity contribution in [3.8, 4) is 0 Å². The van der Waals surface area contributed by atoms with E-state index in [0.717, 1.165) is 6.42 Å². The smallest absolute Gasteiger partial charge is 0.0764 e. The molecule has 0 saturated carbocycles. The molecule has 2 atom stereocenters. The number of rotatable bonds is 1. The van der Waals surface area contributed by atoms with Crippen molar-refractivity contribution >= 4 is 0 Å². The molecule has 1 aliphatic rings. The van der Waals surface area contributed by atoms with E-state index in [0.29, 0.717) is 11.8 Å². The Morgan fingerprint density at radius 2 is 2.20 bits per heavy atom. The van der Waals surface area contributed by atoms with Crippen molar-refractivity contribution in [2.75, 3.05) is 0 Å². The van der Waals surface area contributed by atoms with E-state index in [2.05, 4.69) is 32.9 Å². The molecule has 0 aliphatic heterocycles. The van der Waals surface area contributed by atoms with E-state index < -0.39 is 5.60 Å². The van der Waals surface area contributed by atoms with Crippen LogP contribution in [0.4, 0.5) is 0 Å². The Morgan fingerprint density at radius 3 is 2.40 bits per heavy atom. The van der Waals surface area contributed by atoms with Gasteiger partial charge in [0.1, 0.15) is 0 Å². The third kappa shape index (κ3) is 0.988. The average molecular weight is 140 g/mol. The monoisotopic (exact) mass is 140 g/mol. The maximum atomic E-state index is 9.97. The van der Waals surface area contributed by atoms with Gasteiger partial charge in [-0.15, -0.1) is 0 Å². The highest BCUT2D eigenvalue weighted by molar-refractivity contribution is 5.09. The molecule has 0 bridgehead atoms. The van der Waals surface area contributed by atoms with E-state index in [1.807, 2.05) is 0 Å². The topological polar surface area (TPSA) is 20.2 Å². The van der Waals surface area contributed by atoms with E-state index in [1.54, 1.807) is 0 Å². The fourth-order valence-electron chi connectivity index (χ4n) is 1.57. The van der Waals surface area contributed by atoms with Crippen molar-refractivity contribution in [3.05, 3.63) is 12.2 Å². The molecule has 1 rings (SSSR count). The molecule has 0 amide bonds. The minimum Gasteiger partial charge on any atom is -0.389 e. The maximum absolute atomic E-state index is 9.97. The molecular formula is C9H16O. The first-order chi connectivity index (χ1) is 4.57. The first-order valence-electron chi connectivity index (χ1n) is 3.96. The number of hydrogen-bond donors (Lipinski definition) is 1. The summed E-state index contributed by atoms with van der Waals surface area (Å²) < 4.78 is 0. The molecular weight excluding hydrogens is 124 g/mol. The van der Waals surface area contributed by atoms with Crippen LogP contribution in [0.15, 0.2) is 12.2 Å². The molecule has 1 N–H and O–H groups in total. The fraction of sp³-hybridized carbons (Fsp3) is 0.778. The maximum Gasteiger partial charge on any atom is 0.0764 e. The molecule has 1 aliphatic carbocycles. The van der Waals surface area contributed by atoms with Crippen molar-refractivity contribution in [1.82, 2.24) is 0 Å². The van der Waals surface area contributed by atoms with E-state index in [-0.39, 0.29) is 0 Å². The molecule has 10 heavy (non-hydrogen) atoms. The summed E-state index contributed by atoms with van der Waals surface area (Å²) in [4.78, 5) is 0. The zero-order valence-electron chi connectivity index (χ0n) is 6.96. The Morgan fingerprint density at radius 1 is 1.60 bits per heavy atom. The summed E-state index contributed by atoms with van der Waals surface area (Å²) in [6.45, 7) is 6.22. The zero-order valence-corrected chi connectivity index (χ0v) is 6.96. The molecule has 0 aromatic carbocycles. The van der Waals surface area contributed by atoms with Crippen LogP contribution >= 0.6 is 0 Å². The fourth-order valence-corrected chi connectivity index (χ4v) is 1.57. The number of aliphatic hydroxyl groups is 1. The van der Waals surface area contributed by atoms with Crippen LogP contribution in [0.3, 0.4) is 0 Å². The van der Waals surface area contributed by atoms with Crippen molar-refractivity contribution in [2.45, 2.75) is 32.8 Å². The van der Waals surface area contributed by atoms with Gasteiger partial charge in [-0.1, -0.05) is 32.9 Å². The van der Waals surface area contributed by atoms with E-state index in [4.69, 9.17) is 0 Å². The zero-order chi connectivity index (χ0) is 7.78. The lowest BCUT2D eigenvalue weighted by atomic mass is 9.81. The molecule has 0 aromatic heterocycles. The minimum absolute atomic E-state index is 0.326. The molecule has 1 heteroatoms. The van der Waals surface area contributed by atoms with Gasteiger partial charge in [0.2, 0.25) is 0 Å². The lowest BCUT2D eigenvalue weighted by Gasteiger charge is -2.31. The van der Waals surface area contributed by atoms with Crippen LogP contribution in [-0.2, 0) is 0 Å². The van der Waals surface area contributed by atoms with Crippen LogP contribution in [-0.4, -0.2) is 10.7 Å². The van der Waals surface area contributed by atoms with Gasteiger partial charge >= 0.3 is 0 Å². The van der Waals surface area contributed by atoms with Crippen LogP contribution in [0.2, 0.25) is 0 Å². The third-order valence-electron chi connectivity index (χ3n) is 2.66. The quantitative estimate of drug-likeness (QED) is 0.552. The highest BCUT2D eigenvalue weighted by Gasteiger charge is 2.37. The molecule has 0 heterocycles. The summed E-state index contributed by atoms with van der Waals surface area (Å²) in [5.74, 6) is 0.685. The van der Waals surface area contributed by atoms with E-state index >= 15 is 0 Å². The van der Waals surface area contributed by atoms with Crippen molar-refractivity contribution in [3.63, 3.8) is 0 Å². The van der Waals surface area contributed by atoms with Gasteiger partial charge in [0.05, 0.1) is 5.60 Å². The van der Waals surface area contributed by atoms with Crippen LogP contribution in [0, 0.1) is 11.8 Å². The highest BCUT2D eigenvalue weighted by Crippen LogP contribution is 2.35. The Balaban J connectivity index is 2.71. The molecule has 1 nitrogen and oxygen atoms in total. The molecule has 0 spiro atoms. The van der Waals surface area contributed by atoms with Crippen LogP contribution in [0.1, 0.15) is 27.2 Å². The Labute approximate surface area is 62.8 Å². The molecule has 58 valence electrons. The Kier molecular flexibility index (Phi) is 1.86. The third-order valence-corrected chi connectivity index (χ3v) is 2.66. The summed E-state index contributed by atoms with van der Waals surface area (Å²) in [6.07, 6.45) is 5.00. The largest absolute Gasteiger partial charge is 0.389 e. The lowest BCUT2D eigenvalue weighted by molar-refractivity contribution is -0.0258. The van der Waals surface area contributed by atoms with Crippen molar-refractivity contribution in [2.24, 2.45) is 11.8 Å². The van der Waals surface area contributed by atoms with Gasteiger partial charge in [0.15, 0.2) is 0 Å². The summed E-state index contributed by atoms with van der Waals surface area (Å²) >= 11 is 0. The standard InChI is InChI=1S/C9H16O/c1-7(2)9(10)6-4-5-8(9)3/h4-5,7-8,10H,6H2,1-3H3. The van der Waals surface area contributed by atoms with Gasteiger partial charge < -0.3 is 5.11 Å². The summed E-state index contributed by atoms with van der Waals surface area (Å²) in [7, 11) is 0. The molecule has 0 aromatic rings. The average Bonchev–Trinajstić information content (AvgIpc) is 2.15. The van der Waals surface area contributed by atoms with Gasteiger partial charge in [0, 0.05) is 5.92 Å². The minimum atomic E-state index is -0.458. The Bertz CT molecular complexity index is 149. The van der Waals surface area contributed by atoms with Gasteiger partial charge in [-0.25, -0.2) is 0 Å². The second-order valence-electron chi connectivity index (χ2n) is 3.57. The first kappa shape index (κ1) is 7.80. The lowest BCUT2D eigenvalue weighted by Crippen LogP contribution is -2.37. The molecule has 0 fully saturated rings. The van der Waals surface area contributed by atoms with Crippen LogP contribution in [0.5, 0.6) is 0 Å². The molecule has 2 unspecified atom stereocenters. The van der Waals surface area contributed by atoms with Crippen molar-refractivity contribution < 1.29 is 5.11 Å². The van der Waals surface area contributed by atoms with Gasteiger partial charge in [-0.3, -0.25) is 0 Å². The van der Waals surface area contributed by atoms with E-state index in [1.165, 1.54) is 0 Å². The van der Waals surface area contributed by atoms with E-state index in [9.17, 15) is 5.11 Å². The summed E-state index contributed by atoms with van der Waals surface area (Å²) in [5.41, 5.74) is -0.458. The van der Waals surface area contributed by atoms with Gasteiger partial charge in [-0.2, -0.15) is 0 Å². The normalized spacial score (nSPS) is 39.5.